The molecule has 3 heterocycles. The fourth-order valence-corrected chi connectivity index (χ4v) is 5.34. The molecule has 1 saturated heterocycles. The lowest BCUT2D eigenvalue weighted by Crippen LogP contribution is -2.43. The molecule has 216 valence electrons. The average Bonchev–Trinajstić information content (AvgIpc) is 2.97. The van der Waals surface area contributed by atoms with Crippen LogP contribution in [0.2, 0.25) is 0 Å². The van der Waals surface area contributed by atoms with Crippen molar-refractivity contribution in [2.45, 2.75) is 83.5 Å². The third-order valence-corrected chi connectivity index (χ3v) is 7.97. The van der Waals surface area contributed by atoms with Gasteiger partial charge in [0.2, 0.25) is 0 Å². The van der Waals surface area contributed by atoms with Crippen LogP contribution in [-0.2, 0) is 14.3 Å². The monoisotopic (exact) mass is 550 g/mol. The predicted molar refractivity (Wildman–Crippen MR) is 154 cm³/mol. The van der Waals surface area contributed by atoms with E-state index in [0.29, 0.717) is 38.4 Å². The van der Waals surface area contributed by atoms with E-state index >= 15 is 0 Å². The van der Waals surface area contributed by atoms with Gasteiger partial charge in [-0.2, -0.15) is 5.26 Å². The summed E-state index contributed by atoms with van der Waals surface area (Å²) in [5.41, 5.74) is 2.53. The topological polar surface area (TPSA) is 141 Å². The molecule has 4 N–H and O–H groups in total. The van der Waals surface area contributed by atoms with Crippen LogP contribution in [0.3, 0.4) is 0 Å². The normalized spacial score (nSPS) is 22.1. The number of aliphatic carboxylic acids is 1. The molecule has 2 aliphatic rings. The molecule has 2 aromatic heterocycles. The number of pyridine rings is 2. The van der Waals surface area contributed by atoms with E-state index < -0.39 is 17.5 Å². The Labute approximate surface area is 236 Å². The highest BCUT2D eigenvalue weighted by Crippen LogP contribution is 2.31. The molecule has 0 unspecified atom stereocenters. The lowest BCUT2D eigenvalue weighted by molar-refractivity contribution is -0.149. The molecule has 40 heavy (non-hydrogen) atoms. The zero-order valence-corrected chi connectivity index (χ0v) is 23.8. The third-order valence-electron chi connectivity index (χ3n) is 7.97. The van der Waals surface area contributed by atoms with Gasteiger partial charge in [-0.05, 0) is 83.1 Å². The first-order valence-electron chi connectivity index (χ1n) is 14.3. The largest absolute Gasteiger partial charge is 0.479 e. The number of carbonyl (C=O) groups is 1. The molecule has 2 fully saturated rings. The van der Waals surface area contributed by atoms with E-state index in [1.165, 1.54) is 0 Å². The molecule has 0 aromatic carbocycles. The van der Waals surface area contributed by atoms with E-state index in [4.69, 9.17) is 19.6 Å². The zero-order chi connectivity index (χ0) is 28.5. The Balaban J connectivity index is 1.31. The molecule has 0 amide bonds. The summed E-state index contributed by atoms with van der Waals surface area (Å²) < 4.78 is 10.9. The highest BCUT2D eigenvalue weighted by atomic mass is 16.5. The van der Waals surface area contributed by atoms with Crippen molar-refractivity contribution in [1.29, 1.82) is 5.26 Å². The zero-order valence-electron chi connectivity index (χ0n) is 23.8. The summed E-state index contributed by atoms with van der Waals surface area (Å²) >= 11 is 0. The van der Waals surface area contributed by atoms with Crippen LogP contribution in [0.15, 0.2) is 30.5 Å². The highest BCUT2D eigenvalue weighted by molar-refractivity contribution is 5.71. The van der Waals surface area contributed by atoms with E-state index in [1.807, 2.05) is 38.2 Å². The number of hydrogen-bond donors (Lipinski definition) is 4. The Morgan fingerprint density at radius 1 is 1.20 bits per heavy atom. The van der Waals surface area contributed by atoms with Crippen LogP contribution in [0.1, 0.15) is 57.9 Å². The summed E-state index contributed by atoms with van der Waals surface area (Å²) in [5.74, 6) is 0.658. The molecule has 0 spiro atoms. The SMILES string of the molecule is Cc1cnc(N[C@H]2CC[C@H](N[C@@H](C)CO[C@@H](C)C(=O)O)CC2)cc1-c1cccc(NCC2(C#N)CCOCC2)n1. The molecule has 10 heteroatoms. The van der Waals surface area contributed by atoms with Gasteiger partial charge in [-0.1, -0.05) is 6.07 Å². The van der Waals surface area contributed by atoms with Gasteiger partial charge in [0.15, 0.2) is 6.10 Å². The van der Waals surface area contributed by atoms with Crippen molar-refractivity contribution in [1.82, 2.24) is 15.3 Å². The van der Waals surface area contributed by atoms with E-state index in [9.17, 15) is 10.1 Å². The van der Waals surface area contributed by atoms with Gasteiger partial charge in [0.1, 0.15) is 11.6 Å². The molecule has 10 nitrogen and oxygen atoms in total. The van der Waals surface area contributed by atoms with Crippen molar-refractivity contribution in [2.75, 3.05) is 37.0 Å². The standard InChI is InChI=1S/C30H42N6O4/c1-20-16-32-28(35-24-9-7-23(8-10-24)34-21(2)17-40-22(3)29(37)38)15-25(20)26-5-4-6-27(36-26)33-19-30(18-31)11-13-39-14-12-30/h4-6,15-16,21-24,34H,7-14,17,19H2,1-3H3,(H,32,35)(H,33,36)(H,37,38)/t21-,22-,23-,24-/m0/s1. The first kappa shape index (κ1) is 29.7. The third kappa shape index (κ3) is 8.13. The van der Waals surface area contributed by atoms with Crippen LogP contribution in [0, 0.1) is 23.7 Å². The summed E-state index contributed by atoms with van der Waals surface area (Å²) in [6.07, 6.45) is 6.65. The van der Waals surface area contributed by atoms with Gasteiger partial charge in [0.25, 0.3) is 0 Å². The molecular weight excluding hydrogens is 508 g/mol. The summed E-state index contributed by atoms with van der Waals surface area (Å²) in [4.78, 5) is 20.4. The molecular formula is C30H42N6O4. The molecule has 4 rings (SSSR count). The van der Waals surface area contributed by atoms with Gasteiger partial charge in [-0.15, -0.1) is 0 Å². The number of carboxylic acid groups (broad SMARTS) is 1. The second-order valence-corrected chi connectivity index (χ2v) is 11.2. The van der Waals surface area contributed by atoms with Crippen molar-refractivity contribution in [3.63, 3.8) is 0 Å². The minimum Gasteiger partial charge on any atom is -0.479 e. The predicted octanol–water partition coefficient (Wildman–Crippen LogP) is 4.38. The first-order valence-corrected chi connectivity index (χ1v) is 14.3. The number of hydrogen-bond acceptors (Lipinski definition) is 9. The number of nitriles is 1. The quantitative estimate of drug-likeness (QED) is 0.301. The van der Waals surface area contributed by atoms with Gasteiger partial charge in [0, 0.05) is 49.6 Å². The van der Waals surface area contributed by atoms with Gasteiger partial charge in [-0.25, -0.2) is 14.8 Å². The molecule has 1 aliphatic heterocycles. The van der Waals surface area contributed by atoms with Crippen molar-refractivity contribution >= 4 is 17.6 Å². The fourth-order valence-electron chi connectivity index (χ4n) is 5.34. The first-order chi connectivity index (χ1) is 19.3. The maximum absolute atomic E-state index is 10.9. The fraction of sp³-hybridized carbons (Fsp3) is 0.600. The van der Waals surface area contributed by atoms with E-state index in [0.717, 1.165) is 67.0 Å². The lowest BCUT2D eigenvalue weighted by Gasteiger charge is -2.32. The second-order valence-electron chi connectivity index (χ2n) is 11.2. The van der Waals surface area contributed by atoms with Crippen LogP contribution in [0.5, 0.6) is 0 Å². The van der Waals surface area contributed by atoms with E-state index in [2.05, 4.69) is 33.1 Å². The molecule has 2 atom stereocenters. The highest BCUT2D eigenvalue weighted by Gasteiger charge is 2.32. The minimum atomic E-state index is -0.939. The Morgan fingerprint density at radius 2 is 1.93 bits per heavy atom. The number of aryl methyl sites for hydroxylation is 1. The van der Waals surface area contributed by atoms with Crippen molar-refractivity contribution in [3.8, 4) is 17.3 Å². The van der Waals surface area contributed by atoms with Crippen LogP contribution >= 0.6 is 0 Å². The molecule has 2 aromatic rings. The molecule has 1 aliphatic carbocycles. The maximum atomic E-state index is 10.9. The van der Waals surface area contributed by atoms with Crippen molar-refractivity contribution in [3.05, 3.63) is 36.0 Å². The molecule has 1 saturated carbocycles. The number of ether oxygens (including phenoxy) is 2. The smallest absolute Gasteiger partial charge is 0.332 e. The van der Waals surface area contributed by atoms with Crippen LogP contribution in [0.25, 0.3) is 11.3 Å². The molecule has 0 radical (unpaired) electrons. The van der Waals surface area contributed by atoms with Crippen molar-refractivity contribution < 1.29 is 19.4 Å². The lowest BCUT2D eigenvalue weighted by atomic mass is 9.82. The Bertz CT molecular complexity index is 1170. The number of aromatic nitrogens is 2. The van der Waals surface area contributed by atoms with Crippen LogP contribution < -0.4 is 16.0 Å². The number of nitrogens with zero attached hydrogens (tertiary/aromatic N) is 3. The van der Waals surface area contributed by atoms with Gasteiger partial charge in [-0.3, -0.25) is 0 Å². The number of carboxylic acids is 1. The van der Waals surface area contributed by atoms with Crippen molar-refractivity contribution in [2.24, 2.45) is 5.41 Å². The second kappa shape index (κ2) is 13.9. The Morgan fingerprint density at radius 3 is 2.62 bits per heavy atom. The Kier molecular flexibility index (Phi) is 10.3. The summed E-state index contributed by atoms with van der Waals surface area (Å²) in [5, 5.41) is 29.3. The van der Waals surface area contributed by atoms with Crippen LogP contribution in [0.4, 0.5) is 11.6 Å². The molecule has 0 bridgehead atoms. The Hall–Kier alpha value is -3.26. The summed E-state index contributed by atoms with van der Waals surface area (Å²) in [6, 6.07) is 11.3. The number of anilines is 2. The van der Waals surface area contributed by atoms with E-state index in [1.54, 1.807) is 6.92 Å². The van der Waals surface area contributed by atoms with Gasteiger partial charge < -0.3 is 30.5 Å². The number of rotatable bonds is 12. The summed E-state index contributed by atoms with van der Waals surface area (Å²) in [7, 11) is 0. The number of nitrogens with one attached hydrogen (secondary N) is 3. The van der Waals surface area contributed by atoms with E-state index in [-0.39, 0.29) is 6.04 Å². The minimum absolute atomic E-state index is 0.0949. The average molecular weight is 551 g/mol. The summed E-state index contributed by atoms with van der Waals surface area (Å²) in [6.45, 7) is 7.79. The van der Waals surface area contributed by atoms with Crippen LogP contribution in [-0.4, -0.2) is 71.6 Å². The van der Waals surface area contributed by atoms with Gasteiger partial charge in [0.05, 0.1) is 23.8 Å². The maximum Gasteiger partial charge on any atom is 0.332 e. The van der Waals surface area contributed by atoms with Gasteiger partial charge >= 0.3 is 5.97 Å².